The lowest BCUT2D eigenvalue weighted by molar-refractivity contribution is 0.250. The van der Waals surface area contributed by atoms with Crippen LogP contribution in [0.15, 0.2) is 46.6 Å². The van der Waals surface area contributed by atoms with Crippen LogP contribution in [0, 0.1) is 0 Å². The van der Waals surface area contributed by atoms with E-state index in [0.717, 1.165) is 5.52 Å². The van der Waals surface area contributed by atoms with Crippen molar-refractivity contribution in [2.24, 2.45) is 0 Å². The van der Waals surface area contributed by atoms with Gasteiger partial charge in [0.1, 0.15) is 5.82 Å². The molecule has 0 amide bonds. The van der Waals surface area contributed by atoms with E-state index in [1.54, 1.807) is 17.4 Å². The van der Waals surface area contributed by atoms with Gasteiger partial charge in [-0.3, -0.25) is 9.69 Å². The zero-order valence-electron chi connectivity index (χ0n) is 12.0. The Kier molecular flexibility index (Phi) is 3.86. The van der Waals surface area contributed by atoms with Crippen LogP contribution >= 0.6 is 11.3 Å². The molecule has 3 rings (SSSR count). The zero-order valence-corrected chi connectivity index (χ0v) is 12.9. The molecule has 5 heteroatoms. The molecule has 108 valence electrons. The van der Waals surface area contributed by atoms with Crippen molar-refractivity contribution in [1.82, 2.24) is 14.9 Å². The summed E-state index contributed by atoms with van der Waals surface area (Å²) in [5.41, 5.74) is 0.668. The van der Waals surface area contributed by atoms with Crippen molar-refractivity contribution in [2.75, 3.05) is 7.05 Å². The topological polar surface area (TPSA) is 49.0 Å². The van der Waals surface area contributed by atoms with Gasteiger partial charge in [0.25, 0.3) is 5.56 Å². The van der Waals surface area contributed by atoms with Crippen LogP contribution in [0.25, 0.3) is 10.9 Å². The summed E-state index contributed by atoms with van der Waals surface area (Å²) < 4.78 is 0. The Labute approximate surface area is 127 Å². The Bertz CT molecular complexity index is 795. The fraction of sp³-hybridized carbons (Fsp3) is 0.250. The van der Waals surface area contributed by atoms with Crippen molar-refractivity contribution in [1.29, 1.82) is 0 Å². The van der Waals surface area contributed by atoms with E-state index in [1.165, 1.54) is 4.88 Å². The van der Waals surface area contributed by atoms with E-state index < -0.39 is 0 Å². The highest BCUT2D eigenvalue weighted by Crippen LogP contribution is 2.24. The molecule has 0 aliphatic heterocycles. The average Bonchev–Trinajstić information content (AvgIpc) is 3.00. The van der Waals surface area contributed by atoms with Gasteiger partial charge in [0, 0.05) is 10.9 Å². The molecular formula is C16H17N3OS. The van der Waals surface area contributed by atoms with Crippen LogP contribution in [0.1, 0.15) is 23.7 Å². The minimum Gasteiger partial charge on any atom is -0.309 e. The molecular weight excluding hydrogens is 282 g/mol. The smallest absolute Gasteiger partial charge is 0.258 e. The lowest BCUT2D eigenvalue weighted by Gasteiger charge is -2.23. The lowest BCUT2D eigenvalue weighted by Crippen LogP contribution is -2.24. The molecule has 0 spiro atoms. The Morgan fingerprint density at radius 2 is 2.10 bits per heavy atom. The maximum atomic E-state index is 12.1. The van der Waals surface area contributed by atoms with Crippen LogP contribution in [0.5, 0.6) is 0 Å². The van der Waals surface area contributed by atoms with Crippen molar-refractivity contribution >= 4 is 22.2 Å². The molecule has 0 radical (unpaired) electrons. The van der Waals surface area contributed by atoms with E-state index >= 15 is 0 Å². The average molecular weight is 299 g/mol. The largest absolute Gasteiger partial charge is 0.309 e. The molecule has 0 unspecified atom stereocenters. The van der Waals surface area contributed by atoms with Crippen LogP contribution in [-0.4, -0.2) is 21.9 Å². The summed E-state index contributed by atoms with van der Waals surface area (Å²) >= 11 is 1.74. The molecule has 0 aliphatic carbocycles. The summed E-state index contributed by atoms with van der Waals surface area (Å²) in [5, 5.41) is 2.71. The molecule has 0 bridgehead atoms. The maximum absolute atomic E-state index is 12.1. The molecule has 21 heavy (non-hydrogen) atoms. The summed E-state index contributed by atoms with van der Waals surface area (Å²) in [5.74, 6) is 0.699. The van der Waals surface area contributed by atoms with Gasteiger partial charge < -0.3 is 4.98 Å². The first-order chi connectivity index (χ1) is 10.1. The number of thiophene rings is 1. The number of aromatic amines is 1. The molecule has 1 atom stereocenters. The standard InChI is InChI=1S/C16H17N3OS/c1-11(14-8-5-9-21-14)19(2)10-15-17-13-7-4-3-6-12(13)16(20)18-15/h3-9,11H,10H2,1-2H3,(H,17,18,20)/t11-/m0/s1. The molecule has 0 saturated heterocycles. The second-order valence-electron chi connectivity index (χ2n) is 5.14. The van der Waals surface area contributed by atoms with Crippen molar-refractivity contribution in [3.05, 3.63) is 62.8 Å². The second-order valence-corrected chi connectivity index (χ2v) is 6.12. The number of hydrogen-bond donors (Lipinski definition) is 1. The van der Waals surface area contributed by atoms with Gasteiger partial charge in [0.15, 0.2) is 0 Å². The maximum Gasteiger partial charge on any atom is 0.258 e. The van der Waals surface area contributed by atoms with Crippen molar-refractivity contribution in [2.45, 2.75) is 19.5 Å². The van der Waals surface area contributed by atoms with E-state index in [9.17, 15) is 4.79 Å². The summed E-state index contributed by atoms with van der Waals surface area (Å²) in [7, 11) is 2.04. The van der Waals surface area contributed by atoms with E-state index in [0.29, 0.717) is 23.8 Å². The summed E-state index contributed by atoms with van der Waals surface area (Å²) in [6.45, 7) is 2.77. The minimum atomic E-state index is -0.0761. The predicted octanol–water partition coefficient (Wildman–Crippen LogP) is 3.18. The number of rotatable bonds is 4. The lowest BCUT2D eigenvalue weighted by atomic mass is 10.2. The van der Waals surface area contributed by atoms with Crippen LogP contribution in [0.2, 0.25) is 0 Å². The SMILES string of the molecule is C[C@@H](c1cccs1)N(C)Cc1nc2ccccc2c(=O)[nH]1. The first-order valence-corrected chi connectivity index (χ1v) is 7.74. The van der Waals surface area contributed by atoms with Gasteiger partial charge in [-0.2, -0.15) is 0 Å². The van der Waals surface area contributed by atoms with Gasteiger partial charge in [-0.15, -0.1) is 11.3 Å². The zero-order chi connectivity index (χ0) is 14.8. The molecule has 3 aromatic rings. The number of nitrogens with zero attached hydrogens (tertiary/aromatic N) is 2. The predicted molar refractivity (Wildman–Crippen MR) is 86.6 cm³/mol. The highest BCUT2D eigenvalue weighted by molar-refractivity contribution is 7.10. The van der Waals surface area contributed by atoms with Crippen molar-refractivity contribution in [3.63, 3.8) is 0 Å². The number of nitrogens with one attached hydrogen (secondary N) is 1. The third-order valence-corrected chi connectivity index (χ3v) is 4.72. The van der Waals surface area contributed by atoms with Gasteiger partial charge in [-0.25, -0.2) is 4.98 Å². The number of benzene rings is 1. The number of para-hydroxylation sites is 1. The Balaban J connectivity index is 1.86. The normalized spacial score (nSPS) is 12.9. The van der Waals surface area contributed by atoms with Gasteiger partial charge in [-0.05, 0) is 37.6 Å². The van der Waals surface area contributed by atoms with Gasteiger partial charge >= 0.3 is 0 Å². The number of H-pyrrole nitrogens is 1. The third-order valence-electron chi connectivity index (χ3n) is 3.68. The van der Waals surface area contributed by atoms with Gasteiger partial charge in [0.05, 0.1) is 17.4 Å². The van der Waals surface area contributed by atoms with Crippen LogP contribution in [-0.2, 0) is 6.54 Å². The van der Waals surface area contributed by atoms with Crippen LogP contribution < -0.4 is 5.56 Å². The first-order valence-electron chi connectivity index (χ1n) is 6.87. The number of hydrogen-bond acceptors (Lipinski definition) is 4. The quantitative estimate of drug-likeness (QED) is 0.805. The van der Waals surface area contributed by atoms with E-state index in [1.807, 2.05) is 25.2 Å². The Morgan fingerprint density at radius 3 is 2.86 bits per heavy atom. The third kappa shape index (κ3) is 2.89. The molecule has 0 saturated carbocycles. The fourth-order valence-corrected chi connectivity index (χ4v) is 3.18. The van der Waals surface area contributed by atoms with E-state index in [4.69, 9.17) is 0 Å². The monoisotopic (exact) mass is 299 g/mol. The summed E-state index contributed by atoms with van der Waals surface area (Å²) in [6, 6.07) is 11.9. The highest BCUT2D eigenvalue weighted by Gasteiger charge is 2.14. The molecule has 0 fully saturated rings. The molecule has 2 aromatic heterocycles. The van der Waals surface area contributed by atoms with Crippen LogP contribution in [0.3, 0.4) is 0 Å². The molecule has 2 heterocycles. The van der Waals surface area contributed by atoms with E-state index in [-0.39, 0.29) is 5.56 Å². The summed E-state index contributed by atoms with van der Waals surface area (Å²) in [4.78, 5) is 23.0. The molecule has 4 nitrogen and oxygen atoms in total. The second kappa shape index (κ2) is 5.79. The van der Waals surface area contributed by atoms with Gasteiger partial charge in [0.2, 0.25) is 0 Å². The van der Waals surface area contributed by atoms with Crippen LogP contribution in [0.4, 0.5) is 0 Å². The van der Waals surface area contributed by atoms with Crippen molar-refractivity contribution < 1.29 is 0 Å². The van der Waals surface area contributed by atoms with Gasteiger partial charge in [-0.1, -0.05) is 18.2 Å². The first kappa shape index (κ1) is 14.0. The number of aromatic nitrogens is 2. The highest BCUT2D eigenvalue weighted by atomic mass is 32.1. The Hall–Kier alpha value is -1.98. The molecule has 0 aliphatic rings. The fourth-order valence-electron chi connectivity index (χ4n) is 2.33. The Morgan fingerprint density at radius 1 is 1.29 bits per heavy atom. The minimum absolute atomic E-state index is 0.0761. The molecule has 1 aromatic carbocycles. The summed E-state index contributed by atoms with van der Waals surface area (Å²) in [6.07, 6.45) is 0. The van der Waals surface area contributed by atoms with E-state index in [2.05, 4.69) is 39.3 Å². The molecule has 1 N–H and O–H groups in total. The van der Waals surface area contributed by atoms with Crippen molar-refractivity contribution in [3.8, 4) is 0 Å². The number of fused-ring (bicyclic) bond motifs is 1.